The van der Waals surface area contributed by atoms with Crippen molar-refractivity contribution >= 4 is 17.8 Å². The summed E-state index contributed by atoms with van der Waals surface area (Å²) >= 11 is 1.57. The lowest BCUT2D eigenvalue weighted by Crippen LogP contribution is -2.34. The number of aromatic nitrogens is 2. The fourth-order valence-corrected chi connectivity index (χ4v) is 2.88. The number of nitrogens with zero attached hydrogens (tertiary/aromatic N) is 3. The Kier molecular flexibility index (Phi) is 5.07. The molecule has 21 heavy (non-hydrogen) atoms. The van der Waals surface area contributed by atoms with Crippen molar-refractivity contribution in [3.63, 3.8) is 0 Å². The van der Waals surface area contributed by atoms with Crippen LogP contribution in [0.5, 0.6) is 0 Å². The molecule has 112 valence electrons. The van der Waals surface area contributed by atoms with Crippen molar-refractivity contribution in [2.75, 3.05) is 13.1 Å². The highest BCUT2D eigenvalue weighted by Gasteiger charge is 2.13. The summed E-state index contributed by atoms with van der Waals surface area (Å²) in [6.07, 6.45) is 1.73. The van der Waals surface area contributed by atoms with Crippen molar-refractivity contribution in [1.82, 2.24) is 14.7 Å². The van der Waals surface area contributed by atoms with Gasteiger partial charge in [0.2, 0.25) is 0 Å². The van der Waals surface area contributed by atoms with Crippen LogP contribution in [-0.2, 0) is 0 Å². The van der Waals surface area contributed by atoms with Crippen molar-refractivity contribution in [3.8, 4) is 0 Å². The third kappa shape index (κ3) is 3.67. The van der Waals surface area contributed by atoms with Crippen molar-refractivity contribution < 1.29 is 4.79 Å². The first-order valence-electron chi connectivity index (χ1n) is 7.15. The minimum absolute atomic E-state index is 0.0769. The van der Waals surface area contributed by atoms with Gasteiger partial charge in [0.05, 0.1) is 0 Å². The highest BCUT2D eigenvalue weighted by Crippen LogP contribution is 2.27. The van der Waals surface area contributed by atoms with Gasteiger partial charge < -0.3 is 4.90 Å². The maximum absolute atomic E-state index is 12.2. The summed E-state index contributed by atoms with van der Waals surface area (Å²) in [5, 5.41) is 5.19. The van der Waals surface area contributed by atoms with E-state index in [1.807, 2.05) is 19.9 Å². The number of aryl methyl sites for hydroxylation is 2. The lowest BCUT2D eigenvalue weighted by Gasteiger charge is -2.17. The summed E-state index contributed by atoms with van der Waals surface area (Å²) < 4.78 is 1.41. The van der Waals surface area contributed by atoms with Gasteiger partial charge in [-0.15, -0.1) is 0 Å². The van der Waals surface area contributed by atoms with E-state index in [2.05, 4.69) is 37.1 Å². The number of carbonyl (C=O) groups excluding carboxylic acids is 1. The summed E-state index contributed by atoms with van der Waals surface area (Å²) in [6.45, 7) is 9.51. The van der Waals surface area contributed by atoms with Crippen molar-refractivity contribution in [3.05, 3.63) is 41.6 Å². The van der Waals surface area contributed by atoms with Gasteiger partial charge in [0.15, 0.2) is 0 Å². The van der Waals surface area contributed by atoms with E-state index in [0.717, 1.165) is 9.92 Å². The quantitative estimate of drug-likeness (QED) is 0.858. The van der Waals surface area contributed by atoms with Crippen LogP contribution >= 0.6 is 11.8 Å². The van der Waals surface area contributed by atoms with Crippen LogP contribution in [0.25, 0.3) is 0 Å². The van der Waals surface area contributed by atoms with E-state index < -0.39 is 0 Å². The Morgan fingerprint density at radius 2 is 1.90 bits per heavy atom. The minimum Gasteiger partial charge on any atom is -0.323 e. The highest BCUT2D eigenvalue weighted by atomic mass is 32.2. The highest BCUT2D eigenvalue weighted by molar-refractivity contribution is 7.99. The predicted molar refractivity (Wildman–Crippen MR) is 86.0 cm³/mol. The molecule has 1 aromatic heterocycles. The normalized spacial score (nSPS) is 10.7. The van der Waals surface area contributed by atoms with Gasteiger partial charge >= 0.3 is 6.03 Å². The monoisotopic (exact) mass is 303 g/mol. The Labute approximate surface area is 130 Å². The molecule has 0 N–H and O–H groups in total. The molecule has 0 aliphatic carbocycles. The zero-order valence-electron chi connectivity index (χ0n) is 13.0. The summed E-state index contributed by atoms with van der Waals surface area (Å²) in [4.78, 5) is 15.1. The molecule has 0 radical (unpaired) electrons. The average Bonchev–Trinajstić information content (AvgIpc) is 2.92. The SMILES string of the molecule is CCN(CC)C(=O)n1ccc(Sc2ccc(C)c(C)c2)n1. The van der Waals surface area contributed by atoms with Gasteiger partial charge in [0.1, 0.15) is 5.03 Å². The fourth-order valence-electron chi connectivity index (χ4n) is 2.01. The smallest absolute Gasteiger partial charge is 0.323 e. The Balaban J connectivity index is 2.12. The molecule has 0 aliphatic rings. The maximum atomic E-state index is 12.2. The fraction of sp³-hybridized carbons (Fsp3) is 0.375. The van der Waals surface area contributed by atoms with Crippen LogP contribution in [0.15, 0.2) is 40.4 Å². The maximum Gasteiger partial charge on any atom is 0.344 e. The molecule has 0 saturated carbocycles. The van der Waals surface area contributed by atoms with Gasteiger partial charge in [-0.05, 0) is 57.0 Å². The largest absolute Gasteiger partial charge is 0.344 e. The Morgan fingerprint density at radius 3 is 2.52 bits per heavy atom. The molecule has 5 heteroatoms. The molecule has 1 amide bonds. The molecule has 0 atom stereocenters. The van der Waals surface area contributed by atoms with Gasteiger partial charge in [-0.1, -0.05) is 17.8 Å². The van der Waals surface area contributed by atoms with Gasteiger partial charge in [-0.2, -0.15) is 9.78 Å². The first-order valence-corrected chi connectivity index (χ1v) is 7.96. The molecule has 2 rings (SSSR count). The molecule has 0 unspecified atom stereocenters. The molecule has 0 aliphatic heterocycles. The first kappa shape index (κ1) is 15.6. The van der Waals surface area contributed by atoms with Crippen LogP contribution in [0.2, 0.25) is 0 Å². The van der Waals surface area contributed by atoms with E-state index >= 15 is 0 Å². The van der Waals surface area contributed by atoms with E-state index in [1.54, 1.807) is 22.9 Å². The molecule has 1 heterocycles. The molecular formula is C16H21N3OS. The van der Waals surface area contributed by atoms with E-state index in [9.17, 15) is 4.79 Å². The Hall–Kier alpha value is -1.75. The first-order chi connectivity index (χ1) is 10.0. The second kappa shape index (κ2) is 6.80. The topological polar surface area (TPSA) is 38.1 Å². The van der Waals surface area contributed by atoms with Crippen LogP contribution in [0.4, 0.5) is 4.79 Å². The number of benzene rings is 1. The van der Waals surface area contributed by atoms with E-state index in [-0.39, 0.29) is 6.03 Å². The van der Waals surface area contributed by atoms with Crippen molar-refractivity contribution in [2.45, 2.75) is 37.6 Å². The van der Waals surface area contributed by atoms with E-state index in [4.69, 9.17) is 0 Å². The molecule has 4 nitrogen and oxygen atoms in total. The Morgan fingerprint density at radius 1 is 1.19 bits per heavy atom. The van der Waals surface area contributed by atoms with Crippen LogP contribution in [0.1, 0.15) is 25.0 Å². The van der Waals surface area contributed by atoms with Crippen LogP contribution in [-0.4, -0.2) is 33.8 Å². The summed E-state index contributed by atoms with van der Waals surface area (Å²) in [5.41, 5.74) is 2.54. The van der Waals surface area contributed by atoms with Gasteiger partial charge in [-0.25, -0.2) is 4.79 Å². The Bertz CT molecular complexity index is 632. The zero-order chi connectivity index (χ0) is 15.4. The summed E-state index contributed by atoms with van der Waals surface area (Å²) in [5.74, 6) is 0. The van der Waals surface area contributed by atoms with E-state index in [1.165, 1.54) is 15.8 Å². The summed E-state index contributed by atoms with van der Waals surface area (Å²) in [7, 11) is 0. The number of rotatable bonds is 4. The summed E-state index contributed by atoms with van der Waals surface area (Å²) in [6, 6.07) is 8.13. The second-order valence-corrected chi connectivity index (χ2v) is 6.00. The van der Waals surface area contributed by atoms with Crippen LogP contribution in [0, 0.1) is 13.8 Å². The third-order valence-corrected chi connectivity index (χ3v) is 4.41. The predicted octanol–water partition coefficient (Wildman–Crippen LogP) is 3.96. The molecule has 0 fully saturated rings. The second-order valence-electron chi connectivity index (χ2n) is 4.90. The molecular weight excluding hydrogens is 282 g/mol. The van der Waals surface area contributed by atoms with Gasteiger partial charge in [0, 0.05) is 24.2 Å². The standard InChI is InChI=1S/C16H21N3OS/c1-5-18(6-2)16(20)19-10-9-15(17-19)21-14-8-7-12(3)13(4)11-14/h7-11H,5-6H2,1-4H3. The zero-order valence-corrected chi connectivity index (χ0v) is 13.8. The molecule has 0 bridgehead atoms. The molecule has 0 saturated heterocycles. The number of carbonyl (C=O) groups is 1. The lowest BCUT2D eigenvalue weighted by molar-refractivity contribution is 0.201. The number of hydrogen-bond acceptors (Lipinski definition) is 3. The number of hydrogen-bond donors (Lipinski definition) is 0. The van der Waals surface area contributed by atoms with Gasteiger partial charge in [-0.3, -0.25) is 0 Å². The average molecular weight is 303 g/mol. The van der Waals surface area contributed by atoms with Crippen LogP contribution in [0.3, 0.4) is 0 Å². The van der Waals surface area contributed by atoms with E-state index in [0.29, 0.717) is 13.1 Å². The third-order valence-electron chi connectivity index (χ3n) is 3.50. The van der Waals surface area contributed by atoms with Gasteiger partial charge in [0.25, 0.3) is 0 Å². The van der Waals surface area contributed by atoms with Crippen LogP contribution < -0.4 is 0 Å². The molecule has 0 spiro atoms. The van der Waals surface area contributed by atoms with Crippen molar-refractivity contribution in [2.24, 2.45) is 0 Å². The lowest BCUT2D eigenvalue weighted by atomic mass is 10.1. The van der Waals surface area contributed by atoms with Crippen molar-refractivity contribution in [1.29, 1.82) is 0 Å². The minimum atomic E-state index is -0.0769. The molecule has 1 aromatic carbocycles. The molecule has 2 aromatic rings. The number of amides is 1.